The van der Waals surface area contributed by atoms with Crippen LogP contribution in [0.4, 0.5) is 11.4 Å². The molecule has 1 aliphatic carbocycles. The van der Waals surface area contributed by atoms with E-state index in [2.05, 4.69) is 17.3 Å². The first kappa shape index (κ1) is 15.8. The Balaban J connectivity index is 1.90. The number of anilines is 2. The highest BCUT2D eigenvalue weighted by molar-refractivity contribution is 5.72. The molecule has 1 fully saturated rings. The van der Waals surface area contributed by atoms with Crippen molar-refractivity contribution in [1.29, 1.82) is 0 Å². The molecule has 0 saturated heterocycles. The van der Waals surface area contributed by atoms with Crippen molar-refractivity contribution in [3.8, 4) is 11.5 Å². The molecule has 5 nitrogen and oxygen atoms in total. The van der Waals surface area contributed by atoms with Crippen LogP contribution in [0.15, 0.2) is 12.1 Å². The number of ether oxygens (including phenoxy) is 2. The van der Waals surface area contributed by atoms with Crippen LogP contribution in [-0.4, -0.2) is 45.3 Å². The second-order valence-corrected chi connectivity index (χ2v) is 5.64. The van der Waals surface area contributed by atoms with Crippen LogP contribution >= 0.6 is 0 Å². The van der Waals surface area contributed by atoms with Gasteiger partial charge in [0.25, 0.3) is 0 Å². The highest BCUT2D eigenvalue weighted by Gasteiger charge is 2.19. The minimum Gasteiger partial charge on any atom is -0.493 e. The summed E-state index contributed by atoms with van der Waals surface area (Å²) in [5, 5.41) is 3.39. The number of benzene rings is 1. The number of likely N-dealkylation sites (N-methyl/N-ethyl adjacent to an activating group) is 1. The van der Waals surface area contributed by atoms with Gasteiger partial charge < -0.3 is 25.4 Å². The second-order valence-electron chi connectivity index (χ2n) is 5.64. The zero-order valence-electron chi connectivity index (χ0n) is 13.3. The minimum atomic E-state index is 0.656. The lowest BCUT2D eigenvalue weighted by molar-refractivity contribution is 0.254. The van der Waals surface area contributed by atoms with Crippen molar-refractivity contribution in [2.24, 2.45) is 0 Å². The normalized spacial score (nSPS) is 15.4. The van der Waals surface area contributed by atoms with Gasteiger partial charge >= 0.3 is 0 Å². The molecule has 0 amide bonds. The Morgan fingerprint density at radius 3 is 2.43 bits per heavy atom. The van der Waals surface area contributed by atoms with Gasteiger partial charge in [-0.05, 0) is 19.9 Å². The van der Waals surface area contributed by atoms with E-state index in [-0.39, 0.29) is 0 Å². The SMILES string of the molecule is COc1cc(N)c(NCCN(C)C2CCCC2)cc1OC. The molecule has 1 aromatic rings. The van der Waals surface area contributed by atoms with Crippen LogP contribution in [-0.2, 0) is 0 Å². The van der Waals surface area contributed by atoms with E-state index in [1.165, 1.54) is 25.7 Å². The minimum absolute atomic E-state index is 0.656. The number of nitrogens with two attached hydrogens (primary N) is 1. The Labute approximate surface area is 127 Å². The molecule has 0 aromatic heterocycles. The maximum absolute atomic E-state index is 6.05. The van der Waals surface area contributed by atoms with Crippen LogP contribution in [0.5, 0.6) is 11.5 Å². The van der Waals surface area contributed by atoms with E-state index in [0.717, 1.165) is 24.8 Å². The number of nitrogens with one attached hydrogen (secondary N) is 1. The lowest BCUT2D eigenvalue weighted by atomic mass is 10.2. The van der Waals surface area contributed by atoms with Crippen molar-refractivity contribution >= 4 is 11.4 Å². The van der Waals surface area contributed by atoms with Crippen molar-refractivity contribution < 1.29 is 9.47 Å². The lowest BCUT2D eigenvalue weighted by Crippen LogP contribution is -2.33. The monoisotopic (exact) mass is 293 g/mol. The van der Waals surface area contributed by atoms with Gasteiger partial charge in [-0.25, -0.2) is 0 Å². The second kappa shape index (κ2) is 7.41. The van der Waals surface area contributed by atoms with Crippen LogP contribution in [0.25, 0.3) is 0 Å². The predicted molar refractivity (Wildman–Crippen MR) is 87.3 cm³/mol. The smallest absolute Gasteiger partial charge is 0.162 e. The number of methoxy groups -OCH3 is 2. The molecule has 1 aromatic carbocycles. The van der Waals surface area contributed by atoms with E-state index < -0.39 is 0 Å². The Morgan fingerprint density at radius 1 is 1.19 bits per heavy atom. The van der Waals surface area contributed by atoms with Crippen molar-refractivity contribution in [2.45, 2.75) is 31.7 Å². The molecule has 21 heavy (non-hydrogen) atoms. The molecule has 1 saturated carbocycles. The van der Waals surface area contributed by atoms with Gasteiger partial charge in [0.1, 0.15) is 0 Å². The average Bonchev–Trinajstić information content (AvgIpc) is 3.02. The van der Waals surface area contributed by atoms with E-state index >= 15 is 0 Å². The molecule has 0 heterocycles. The molecular formula is C16H27N3O2. The van der Waals surface area contributed by atoms with E-state index in [9.17, 15) is 0 Å². The fraction of sp³-hybridized carbons (Fsp3) is 0.625. The van der Waals surface area contributed by atoms with E-state index in [1.807, 2.05) is 6.07 Å². The third-order valence-electron chi connectivity index (χ3n) is 4.28. The first-order valence-corrected chi connectivity index (χ1v) is 7.61. The fourth-order valence-corrected chi connectivity index (χ4v) is 2.94. The molecule has 3 N–H and O–H groups in total. The van der Waals surface area contributed by atoms with Crippen LogP contribution in [0.1, 0.15) is 25.7 Å². The van der Waals surface area contributed by atoms with Crippen LogP contribution < -0.4 is 20.5 Å². The van der Waals surface area contributed by atoms with Crippen LogP contribution in [0.3, 0.4) is 0 Å². The molecule has 1 aliphatic rings. The predicted octanol–water partition coefficient (Wildman–Crippen LogP) is 2.57. The number of rotatable bonds is 7. The maximum atomic E-state index is 6.05. The molecule has 2 rings (SSSR count). The summed E-state index contributed by atoms with van der Waals surface area (Å²) < 4.78 is 10.6. The first-order valence-electron chi connectivity index (χ1n) is 7.61. The topological polar surface area (TPSA) is 59.8 Å². The van der Waals surface area contributed by atoms with Gasteiger partial charge in [-0.1, -0.05) is 12.8 Å². The summed E-state index contributed by atoms with van der Waals surface area (Å²) in [4.78, 5) is 2.44. The van der Waals surface area contributed by atoms with Crippen molar-refractivity contribution in [3.63, 3.8) is 0 Å². The number of hydrogen-bond donors (Lipinski definition) is 2. The third-order valence-corrected chi connectivity index (χ3v) is 4.28. The number of nitrogens with zero attached hydrogens (tertiary/aromatic N) is 1. The maximum Gasteiger partial charge on any atom is 0.162 e. The Bertz CT molecular complexity index is 459. The highest BCUT2D eigenvalue weighted by atomic mass is 16.5. The first-order chi connectivity index (χ1) is 10.2. The van der Waals surface area contributed by atoms with Crippen molar-refractivity contribution in [3.05, 3.63) is 12.1 Å². The van der Waals surface area contributed by atoms with Gasteiger partial charge in [-0.2, -0.15) is 0 Å². The van der Waals surface area contributed by atoms with Crippen molar-refractivity contribution in [1.82, 2.24) is 4.90 Å². The van der Waals surface area contributed by atoms with E-state index in [0.29, 0.717) is 17.2 Å². The highest BCUT2D eigenvalue weighted by Crippen LogP contribution is 2.34. The quantitative estimate of drug-likeness (QED) is 0.757. The van der Waals surface area contributed by atoms with Gasteiger partial charge in [0, 0.05) is 31.3 Å². The molecule has 0 spiro atoms. The lowest BCUT2D eigenvalue weighted by Gasteiger charge is -2.24. The van der Waals surface area contributed by atoms with E-state index in [1.54, 1.807) is 20.3 Å². The summed E-state index contributed by atoms with van der Waals surface area (Å²) in [6.45, 7) is 1.88. The summed E-state index contributed by atoms with van der Waals surface area (Å²) in [5.74, 6) is 1.35. The Hall–Kier alpha value is -1.62. The zero-order valence-corrected chi connectivity index (χ0v) is 13.3. The van der Waals surface area contributed by atoms with Gasteiger partial charge in [0.15, 0.2) is 11.5 Å². The molecule has 0 bridgehead atoms. The molecule has 5 heteroatoms. The van der Waals surface area contributed by atoms with Gasteiger partial charge in [-0.15, -0.1) is 0 Å². The number of nitrogen functional groups attached to an aromatic ring is 1. The molecule has 0 aliphatic heterocycles. The summed E-state index contributed by atoms with van der Waals surface area (Å²) in [5.41, 5.74) is 7.62. The summed E-state index contributed by atoms with van der Waals surface area (Å²) in [6.07, 6.45) is 5.39. The summed E-state index contributed by atoms with van der Waals surface area (Å²) in [7, 11) is 5.45. The summed E-state index contributed by atoms with van der Waals surface area (Å²) >= 11 is 0. The molecule has 0 atom stereocenters. The fourth-order valence-electron chi connectivity index (χ4n) is 2.94. The average molecular weight is 293 g/mol. The van der Waals surface area contributed by atoms with Gasteiger partial charge in [0.2, 0.25) is 0 Å². The van der Waals surface area contributed by atoms with Crippen LogP contribution in [0.2, 0.25) is 0 Å². The Kier molecular flexibility index (Phi) is 5.56. The van der Waals surface area contributed by atoms with E-state index in [4.69, 9.17) is 15.2 Å². The molecular weight excluding hydrogens is 266 g/mol. The molecule has 118 valence electrons. The number of hydrogen-bond acceptors (Lipinski definition) is 5. The van der Waals surface area contributed by atoms with Crippen LogP contribution in [0, 0.1) is 0 Å². The summed E-state index contributed by atoms with van der Waals surface area (Å²) in [6, 6.07) is 4.43. The molecule has 0 radical (unpaired) electrons. The van der Waals surface area contributed by atoms with Crippen molar-refractivity contribution in [2.75, 3.05) is 45.4 Å². The van der Waals surface area contributed by atoms with Gasteiger partial charge in [-0.3, -0.25) is 0 Å². The van der Waals surface area contributed by atoms with Gasteiger partial charge in [0.05, 0.1) is 25.6 Å². The third kappa shape index (κ3) is 3.94. The molecule has 0 unspecified atom stereocenters. The largest absolute Gasteiger partial charge is 0.493 e. The standard InChI is InChI=1S/C16H27N3O2/c1-19(12-6-4-5-7-12)9-8-18-14-11-16(21-3)15(20-2)10-13(14)17/h10-12,18H,4-9,17H2,1-3H3. The Morgan fingerprint density at radius 2 is 1.81 bits per heavy atom. The zero-order chi connectivity index (χ0) is 15.2.